The number of nitrogens with one attached hydrogen (secondary N) is 2. The molecule has 1 unspecified atom stereocenters. The van der Waals surface area contributed by atoms with E-state index in [0.29, 0.717) is 6.54 Å². The highest BCUT2D eigenvalue weighted by Gasteiger charge is 2.24. The normalized spacial score (nSPS) is 16.6. The summed E-state index contributed by atoms with van der Waals surface area (Å²) in [4.78, 5) is 11.8. The predicted octanol–water partition coefficient (Wildman–Crippen LogP) is 2.41. The van der Waals surface area contributed by atoms with Gasteiger partial charge in [0.25, 0.3) is 0 Å². The van der Waals surface area contributed by atoms with Crippen LogP contribution in [0.25, 0.3) is 0 Å². The van der Waals surface area contributed by atoms with E-state index in [0.717, 1.165) is 36.5 Å². The maximum absolute atomic E-state index is 13.4. The Bertz CT molecular complexity index is 944. The van der Waals surface area contributed by atoms with Gasteiger partial charge < -0.3 is 10.6 Å². The van der Waals surface area contributed by atoms with E-state index in [9.17, 15) is 17.6 Å². The summed E-state index contributed by atoms with van der Waals surface area (Å²) in [6.07, 6.45) is 2.68. The average molecular weight is 390 g/mol. The first-order valence-corrected chi connectivity index (χ1v) is 10.4. The van der Waals surface area contributed by atoms with Crippen molar-refractivity contribution in [1.82, 2.24) is 10.6 Å². The summed E-state index contributed by atoms with van der Waals surface area (Å²) in [5, 5.41) is 5.72. The van der Waals surface area contributed by atoms with Crippen molar-refractivity contribution in [1.29, 1.82) is 0 Å². The van der Waals surface area contributed by atoms with Crippen molar-refractivity contribution in [2.24, 2.45) is 0 Å². The summed E-state index contributed by atoms with van der Waals surface area (Å²) >= 11 is 0. The fraction of sp³-hybridized carbons (Fsp3) is 0.350. The lowest BCUT2D eigenvalue weighted by atomic mass is 9.83. The van der Waals surface area contributed by atoms with E-state index in [1.54, 1.807) is 19.2 Å². The van der Waals surface area contributed by atoms with Gasteiger partial charge in [-0.3, -0.25) is 4.79 Å². The molecule has 0 saturated heterocycles. The van der Waals surface area contributed by atoms with Crippen LogP contribution in [-0.2, 0) is 21.1 Å². The summed E-state index contributed by atoms with van der Waals surface area (Å²) in [5.74, 6) is -0.471. The first-order valence-electron chi connectivity index (χ1n) is 8.96. The number of benzene rings is 2. The Morgan fingerprint density at radius 2 is 1.96 bits per heavy atom. The Balaban J connectivity index is 1.85. The molecule has 27 heavy (non-hydrogen) atoms. The molecule has 0 fully saturated rings. The zero-order valence-electron chi connectivity index (χ0n) is 15.2. The van der Waals surface area contributed by atoms with E-state index in [1.807, 2.05) is 6.07 Å². The number of carbonyl (C=O) groups excluding carboxylic acids is 1. The number of rotatable bonds is 6. The van der Waals surface area contributed by atoms with Crippen LogP contribution in [0, 0.1) is 5.82 Å². The Kier molecular flexibility index (Phi) is 5.92. The van der Waals surface area contributed by atoms with E-state index >= 15 is 0 Å². The molecule has 0 aliphatic heterocycles. The molecule has 1 aliphatic rings. The molecule has 1 aliphatic carbocycles. The van der Waals surface area contributed by atoms with Gasteiger partial charge in [-0.1, -0.05) is 12.1 Å². The number of halogens is 1. The van der Waals surface area contributed by atoms with Gasteiger partial charge in [0.15, 0.2) is 0 Å². The minimum atomic E-state index is -3.76. The fourth-order valence-electron chi connectivity index (χ4n) is 3.50. The fourth-order valence-corrected chi connectivity index (χ4v) is 4.84. The number of carbonyl (C=O) groups is 1. The van der Waals surface area contributed by atoms with Gasteiger partial charge in [-0.15, -0.1) is 0 Å². The molecule has 5 nitrogen and oxygen atoms in total. The molecule has 2 aromatic rings. The van der Waals surface area contributed by atoms with Crippen molar-refractivity contribution in [2.45, 2.75) is 35.0 Å². The minimum Gasteiger partial charge on any atom is -0.354 e. The van der Waals surface area contributed by atoms with Crippen LogP contribution in [0.2, 0.25) is 0 Å². The summed E-state index contributed by atoms with van der Waals surface area (Å²) in [6, 6.07) is 10.1. The number of fused-ring (bicyclic) bond motifs is 1. The van der Waals surface area contributed by atoms with Crippen LogP contribution in [0.15, 0.2) is 52.3 Å². The first-order chi connectivity index (χ1) is 12.9. The Hall–Kier alpha value is -2.25. The molecular formula is C20H23FN2O3S. The van der Waals surface area contributed by atoms with Crippen LogP contribution in [-0.4, -0.2) is 34.5 Å². The second-order valence-electron chi connectivity index (χ2n) is 6.74. The maximum atomic E-state index is 13.4. The molecule has 3 rings (SSSR count). The van der Waals surface area contributed by atoms with E-state index in [1.165, 1.54) is 18.2 Å². The summed E-state index contributed by atoms with van der Waals surface area (Å²) < 4.78 is 39.1. The van der Waals surface area contributed by atoms with E-state index < -0.39 is 15.7 Å². The zero-order valence-corrected chi connectivity index (χ0v) is 16.0. The van der Waals surface area contributed by atoms with Gasteiger partial charge >= 0.3 is 0 Å². The highest BCUT2D eigenvalue weighted by molar-refractivity contribution is 7.91. The molecule has 0 bridgehead atoms. The van der Waals surface area contributed by atoms with Gasteiger partial charge in [-0.2, -0.15) is 0 Å². The Labute approximate surface area is 158 Å². The second kappa shape index (κ2) is 8.19. The number of amides is 1. The monoisotopic (exact) mass is 390 g/mol. The van der Waals surface area contributed by atoms with Gasteiger partial charge in [0.05, 0.1) is 16.3 Å². The molecule has 144 valence electrons. The van der Waals surface area contributed by atoms with Crippen LogP contribution >= 0.6 is 0 Å². The van der Waals surface area contributed by atoms with Gasteiger partial charge in [0, 0.05) is 12.5 Å². The quantitative estimate of drug-likeness (QED) is 0.794. The third-order valence-corrected chi connectivity index (χ3v) is 6.60. The highest BCUT2D eigenvalue weighted by atomic mass is 32.2. The van der Waals surface area contributed by atoms with Crippen LogP contribution in [0.1, 0.15) is 29.9 Å². The molecular weight excluding hydrogens is 367 g/mol. The first kappa shape index (κ1) is 19.5. The molecule has 7 heteroatoms. The van der Waals surface area contributed by atoms with Gasteiger partial charge in [-0.25, -0.2) is 12.8 Å². The lowest BCUT2D eigenvalue weighted by molar-refractivity contribution is -0.120. The summed E-state index contributed by atoms with van der Waals surface area (Å²) in [6.45, 7) is 0.800. The van der Waals surface area contributed by atoms with Crippen molar-refractivity contribution in [3.8, 4) is 0 Å². The average Bonchev–Trinajstić information content (AvgIpc) is 2.66. The number of hydrogen-bond donors (Lipinski definition) is 2. The number of sulfone groups is 1. The third kappa shape index (κ3) is 4.36. The molecule has 0 aromatic heterocycles. The van der Waals surface area contributed by atoms with Crippen molar-refractivity contribution < 1.29 is 17.6 Å². The lowest BCUT2D eigenvalue weighted by Crippen LogP contribution is -2.35. The van der Waals surface area contributed by atoms with Crippen LogP contribution in [0.3, 0.4) is 0 Å². The molecule has 0 radical (unpaired) electrons. The SMILES string of the molecule is CNCC(=O)NCC1CCCc2cc(S(=O)(=O)c3cccc(F)c3)ccc21. The predicted molar refractivity (Wildman–Crippen MR) is 101 cm³/mol. The van der Waals surface area contributed by atoms with Gasteiger partial charge in [-0.05, 0) is 67.8 Å². The standard InChI is InChI=1S/C20H23FN2O3S/c1-22-13-20(24)23-12-15-5-2-4-14-10-18(8-9-19(14)15)27(25,26)17-7-3-6-16(21)11-17/h3,6-11,15,22H,2,4-5,12-13H2,1H3,(H,23,24). The van der Waals surface area contributed by atoms with E-state index in [2.05, 4.69) is 10.6 Å². The zero-order chi connectivity index (χ0) is 19.4. The largest absolute Gasteiger partial charge is 0.354 e. The molecule has 1 amide bonds. The minimum absolute atomic E-state index is 0.0471. The van der Waals surface area contributed by atoms with E-state index in [-0.39, 0.29) is 28.2 Å². The number of likely N-dealkylation sites (N-methyl/N-ethyl adjacent to an activating group) is 1. The van der Waals surface area contributed by atoms with Gasteiger partial charge in [0.1, 0.15) is 5.82 Å². The molecule has 0 spiro atoms. The molecule has 2 N–H and O–H groups in total. The Morgan fingerprint density at radius 1 is 1.19 bits per heavy atom. The van der Waals surface area contributed by atoms with Gasteiger partial charge in [0.2, 0.25) is 15.7 Å². The van der Waals surface area contributed by atoms with Crippen LogP contribution < -0.4 is 10.6 Å². The topological polar surface area (TPSA) is 75.3 Å². The van der Waals surface area contributed by atoms with Crippen molar-refractivity contribution in [3.63, 3.8) is 0 Å². The van der Waals surface area contributed by atoms with Crippen molar-refractivity contribution >= 4 is 15.7 Å². The number of hydrogen-bond acceptors (Lipinski definition) is 4. The summed E-state index contributed by atoms with van der Waals surface area (Å²) in [7, 11) is -2.05. The van der Waals surface area contributed by atoms with E-state index in [4.69, 9.17) is 0 Å². The Morgan fingerprint density at radius 3 is 2.70 bits per heavy atom. The highest BCUT2D eigenvalue weighted by Crippen LogP contribution is 2.34. The van der Waals surface area contributed by atoms with Crippen LogP contribution in [0.4, 0.5) is 4.39 Å². The number of aryl methyl sites for hydroxylation is 1. The lowest BCUT2D eigenvalue weighted by Gasteiger charge is -2.26. The second-order valence-corrected chi connectivity index (χ2v) is 8.69. The van der Waals surface area contributed by atoms with Crippen molar-refractivity contribution in [3.05, 3.63) is 59.4 Å². The molecule has 1 atom stereocenters. The van der Waals surface area contributed by atoms with Crippen LogP contribution in [0.5, 0.6) is 0 Å². The smallest absolute Gasteiger partial charge is 0.233 e. The maximum Gasteiger partial charge on any atom is 0.233 e. The van der Waals surface area contributed by atoms with Crippen molar-refractivity contribution in [2.75, 3.05) is 20.1 Å². The molecule has 0 saturated carbocycles. The molecule has 2 aromatic carbocycles. The summed E-state index contributed by atoms with van der Waals surface area (Å²) in [5.41, 5.74) is 2.05. The third-order valence-electron chi connectivity index (χ3n) is 4.85. The molecule has 0 heterocycles.